The van der Waals surface area contributed by atoms with Crippen LogP contribution in [0.4, 0.5) is 4.79 Å². The van der Waals surface area contributed by atoms with Gasteiger partial charge in [-0.15, -0.1) is 0 Å². The Morgan fingerprint density at radius 2 is 1.81 bits per heavy atom. The smallest absolute Gasteiger partial charge is 0.326 e. The van der Waals surface area contributed by atoms with Crippen molar-refractivity contribution >= 4 is 17.9 Å². The standard InChI is InChI=1S/C19H33N3O4/c1-17(2,3)13(20-16(26)21-18(4,5)6)14(23)22-9-10-11(19(10,7)8)12(22)15(24)25/h10-13H,9H2,1-8H3,(H,24,25)(H2,20,21,26)/t10-,11-,12-,13+/m0/s1/i1D3,2D3,3D3,4D3,5D3,6D3. The number of fused-ring (bicyclic) bond motifs is 1. The highest BCUT2D eigenvalue weighted by Crippen LogP contribution is 2.64. The lowest BCUT2D eigenvalue weighted by Gasteiger charge is -2.37. The Labute approximate surface area is 181 Å². The Balaban J connectivity index is 2.87. The van der Waals surface area contributed by atoms with Crippen LogP contribution in [0, 0.1) is 22.7 Å². The van der Waals surface area contributed by atoms with Crippen LogP contribution in [0.3, 0.4) is 0 Å². The minimum atomic E-state index is -4.21. The van der Waals surface area contributed by atoms with Gasteiger partial charge in [0.15, 0.2) is 0 Å². The third-order valence-electron chi connectivity index (χ3n) is 5.00. The fourth-order valence-corrected chi connectivity index (χ4v) is 3.65. The van der Waals surface area contributed by atoms with Crippen LogP contribution in [0.5, 0.6) is 0 Å². The number of piperidine rings is 1. The van der Waals surface area contributed by atoms with Gasteiger partial charge in [0.2, 0.25) is 5.91 Å². The lowest BCUT2D eigenvalue weighted by Crippen LogP contribution is -2.60. The van der Waals surface area contributed by atoms with E-state index >= 15 is 0 Å². The Bertz CT molecular complexity index is 1090. The molecule has 26 heavy (non-hydrogen) atoms. The van der Waals surface area contributed by atoms with E-state index in [1.54, 1.807) is 13.8 Å². The van der Waals surface area contributed by atoms with Crippen LogP contribution in [-0.4, -0.2) is 52.1 Å². The first-order chi connectivity index (χ1) is 19.1. The van der Waals surface area contributed by atoms with E-state index in [1.165, 1.54) is 10.6 Å². The second kappa shape index (κ2) is 6.13. The zero-order valence-electron chi connectivity index (χ0n) is 32.1. The molecule has 4 atom stereocenters. The van der Waals surface area contributed by atoms with Gasteiger partial charge < -0.3 is 20.6 Å². The first-order valence-corrected chi connectivity index (χ1v) is 7.69. The molecule has 0 unspecified atom stereocenters. The van der Waals surface area contributed by atoms with Gasteiger partial charge in [0.05, 0.1) is 0 Å². The van der Waals surface area contributed by atoms with E-state index in [1.807, 2.05) is 0 Å². The molecule has 1 aliphatic heterocycles. The van der Waals surface area contributed by atoms with E-state index in [-0.39, 0.29) is 0 Å². The van der Waals surface area contributed by atoms with E-state index < -0.39 is 106 Å². The predicted octanol–water partition coefficient (Wildman–Crippen LogP) is 2.07. The van der Waals surface area contributed by atoms with Gasteiger partial charge in [-0.2, -0.15) is 0 Å². The molecular formula is C19H33N3O4. The second-order valence-corrected chi connectivity index (χ2v) is 7.32. The van der Waals surface area contributed by atoms with Crippen molar-refractivity contribution in [2.24, 2.45) is 22.7 Å². The number of carboxylic acids is 1. The van der Waals surface area contributed by atoms with Crippen LogP contribution in [0.1, 0.15) is 79.6 Å². The van der Waals surface area contributed by atoms with E-state index in [9.17, 15) is 19.5 Å². The number of carbonyl (C=O) groups excluding carboxylic acids is 2. The molecule has 0 bridgehead atoms. The van der Waals surface area contributed by atoms with Gasteiger partial charge in [-0.3, -0.25) is 4.79 Å². The maximum absolute atomic E-state index is 14.1. The fraction of sp³-hybridized carbons (Fsp3) is 0.842. The number of nitrogens with zero attached hydrogens (tertiary/aromatic N) is 1. The largest absolute Gasteiger partial charge is 0.480 e. The Morgan fingerprint density at radius 1 is 1.19 bits per heavy atom. The highest BCUT2D eigenvalue weighted by molar-refractivity contribution is 5.92. The van der Waals surface area contributed by atoms with Crippen molar-refractivity contribution in [1.29, 1.82) is 0 Å². The van der Waals surface area contributed by atoms with Crippen molar-refractivity contribution in [3.05, 3.63) is 0 Å². The normalized spacial score (nSPS) is 41.3. The minimum Gasteiger partial charge on any atom is -0.480 e. The van der Waals surface area contributed by atoms with Crippen LogP contribution < -0.4 is 10.6 Å². The third-order valence-corrected chi connectivity index (χ3v) is 5.00. The summed E-state index contributed by atoms with van der Waals surface area (Å²) in [5, 5.41) is 12.6. The Morgan fingerprint density at radius 3 is 2.31 bits per heavy atom. The third kappa shape index (κ3) is 3.81. The fourth-order valence-electron chi connectivity index (χ4n) is 3.65. The number of carboxylic acid groups (broad SMARTS) is 1. The topological polar surface area (TPSA) is 98.7 Å². The molecule has 0 aromatic rings. The summed E-state index contributed by atoms with van der Waals surface area (Å²) in [5.41, 5.74) is -8.96. The summed E-state index contributed by atoms with van der Waals surface area (Å²) in [5.74, 6) is -4.68. The highest BCUT2D eigenvalue weighted by atomic mass is 16.4. The first kappa shape index (κ1) is 6.99. The number of urea groups is 1. The molecule has 1 heterocycles. The minimum absolute atomic E-state index is 0.434. The molecule has 0 aromatic heterocycles. The number of hydrogen-bond acceptors (Lipinski definition) is 3. The van der Waals surface area contributed by atoms with Gasteiger partial charge in [0.1, 0.15) is 12.1 Å². The Hall–Kier alpha value is -1.79. The molecule has 3 amide bonds. The van der Waals surface area contributed by atoms with Crippen LogP contribution in [-0.2, 0) is 9.59 Å². The van der Waals surface area contributed by atoms with Gasteiger partial charge in [-0.1, -0.05) is 34.4 Å². The number of likely N-dealkylation sites (tertiary alicyclic amines) is 1. The average Bonchev–Trinajstić information content (AvgIpc) is 3.07. The molecule has 148 valence electrons. The summed E-state index contributed by atoms with van der Waals surface area (Å²) in [6.07, 6.45) is 0. The van der Waals surface area contributed by atoms with Crippen molar-refractivity contribution in [3.63, 3.8) is 0 Å². The van der Waals surface area contributed by atoms with Crippen LogP contribution in [0.15, 0.2) is 0 Å². The summed E-state index contributed by atoms with van der Waals surface area (Å²) in [4.78, 5) is 40.1. The average molecular weight is 386 g/mol. The summed E-state index contributed by atoms with van der Waals surface area (Å²) in [6.45, 7) is -21.8. The molecule has 2 fully saturated rings. The highest BCUT2D eigenvalue weighted by Gasteiger charge is 2.70. The van der Waals surface area contributed by atoms with Crippen LogP contribution in [0.2, 0.25) is 0 Å². The van der Waals surface area contributed by atoms with E-state index in [0.717, 1.165) is 0 Å². The lowest BCUT2D eigenvalue weighted by atomic mass is 9.85. The molecule has 0 radical (unpaired) electrons. The number of aliphatic carboxylic acids is 1. The van der Waals surface area contributed by atoms with Gasteiger partial charge in [0, 0.05) is 42.7 Å². The van der Waals surface area contributed by atoms with Crippen molar-refractivity contribution in [2.75, 3.05) is 6.54 Å². The molecule has 3 N–H and O–H groups in total. The number of carbonyl (C=O) groups is 3. The summed E-state index contributed by atoms with van der Waals surface area (Å²) >= 11 is 0. The number of hydrogen-bond donors (Lipinski definition) is 3. The number of rotatable bonds is 3. The molecule has 7 heteroatoms. The van der Waals surface area contributed by atoms with Gasteiger partial charge >= 0.3 is 12.0 Å². The maximum atomic E-state index is 14.1. The van der Waals surface area contributed by atoms with Gasteiger partial charge in [-0.05, 0) is 37.3 Å². The predicted molar refractivity (Wildman–Crippen MR) is 98.6 cm³/mol. The summed E-state index contributed by atoms with van der Waals surface area (Å²) in [6, 6.07) is -7.19. The maximum Gasteiger partial charge on any atom is 0.326 e. The van der Waals surface area contributed by atoms with E-state index in [2.05, 4.69) is 0 Å². The molecule has 1 saturated heterocycles. The SMILES string of the molecule is [2H]C([2H])([2H])C(NC(=O)N[C@H](C(=O)N1C[C@H]2[C@@H]([C@H]1C(=O)O)C2(C)C)C(C([2H])([2H])[2H])(C([2H])([2H])[2H])C([2H])([2H])[2H])(C([2H])([2H])[2H])C([2H])([2H])[2H]. The molecule has 1 aliphatic carbocycles. The molecule has 0 spiro atoms. The van der Waals surface area contributed by atoms with Crippen molar-refractivity contribution in [3.8, 4) is 0 Å². The molecular weight excluding hydrogens is 334 g/mol. The monoisotopic (exact) mass is 385 g/mol. The van der Waals surface area contributed by atoms with Gasteiger partial charge in [0.25, 0.3) is 0 Å². The summed E-state index contributed by atoms with van der Waals surface area (Å²) < 4.78 is 141. The van der Waals surface area contributed by atoms with Crippen LogP contribution in [0.25, 0.3) is 0 Å². The lowest BCUT2D eigenvalue weighted by molar-refractivity contribution is -0.152. The molecule has 2 rings (SSSR count). The zero-order valence-corrected chi connectivity index (χ0v) is 14.1. The quantitative estimate of drug-likeness (QED) is 0.692. The van der Waals surface area contributed by atoms with Crippen molar-refractivity contribution in [1.82, 2.24) is 15.5 Å². The van der Waals surface area contributed by atoms with Crippen molar-refractivity contribution < 1.29 is 44.2 Å². The Kier molecular flexibility index (Phi) is 1.65. The molecule has 7 nitrogen and oxygen atoms in total. The second-order valence-electron chi connectivity index (χ2n) is 7.32. The van der Waals surface area contributed by atoms with Gasteiger partial charge in [-0.25, -0.2) is 9.59 Å². The summed E-state index contributed by atoms with van der Waals surface area (Å²) in [7, 11) is 0. The first-order valence-electron chi connectivity index (χ1n) is 16.7. The zero-order chi connectivity index (χ0) is 35.2. The molecule has 2 aliphatic rings. The molecule has 1 saturated carbocycles. The van der Waals surface area contributed by atoms with E-state index in [0.29, 0.717) is 4.90 Å². The van der Waals surface area contributed by atoms with E-state index in [4.69, 9.17) is 24.7 Å². The number of amides is 3. The number of nitrogens with one attached hydrogen (secondary N) is 2. The molecule has 0 aromatic carbocycles. The van der Waals surface area contributed by atoms with Crippen molar-refractivity contribution in [2.45, 2.75) is 72.6 Å². The van der Waals surface area contributed by atoms with Crippen LogP contribution >= 0.6 is 0 Å².